The SMILES string of the molecule is O=C(Nc1ccccc1-c1ncn[nH]1)C1CC(=O)N(C2CCCC2)C1. The summed E-state index contributed by atoms with van der Waals surface area (Å²) >= 11 is 0. The topological polar surface area (TPSA) is 91.0 Å². The van der Waals surface area contributed by atoms with Gasteiger partial charge in [0.15, 0.2) is 5.82 Å². The van der Waals surface area contributed by atoms with Crippen molar-refractivity contribution in [2.75, 3.05) is 11.9 Å². The van der Waals surface area contributed by atoms with E-state index in [2.05, 4.69) is 20.5 Å². The van der Waals surface area contributed by atoms with E-state index in [0.717, 1.165) is 18.4 Å². The van der Waals surface area contributed by atoms with E-state index in [0.29, 0.717) is 30.5 Å². The highest BCUT2D eigenvalue weighted by Crippen LogP contribution is 2.31. The molecule has 4 rings (SSSR count). The molecule has 2 fully saturated rings. The van der Waals surface area contributed by atoms with E-state index in [4.69, 9.17) is 0 Å². The molecule has 0 radical (unpaired) electrons. The second-order valence-corrected chi connectivity index (χ2v) is 6.75. The second kappa shape index (κ2) is 6.66. The number of nitrogens with one attached hydrogen (secondary N) is 2. The number of aromatic nitrogens is 3. The Kier molecular flexibility index (Phi) is 4.21. The normalized spacial score (nSPS) is 21.0. The van der Waals surface area contributed by atoms with Crippen LogP contribution in [0, 0.1) is 5.92 Å². The highest BCUT2D eigenvalue weighted by Gasteiger charge is 2.38. The monoisotopic (exact) mass is 339 g/mol. The molecule has 2 aromatic rings. The molecule has 0 spiro atoms. The highest BCUT2D eigenvalue weighted by molar-refractivity contribution is 5.99. The fourth-order valence-electron chi connectivity index (χ4n) is 3.84. The Morgan fingerprint density at radius 2 is 2.04 bits per heavy atom. The van der Waals surface area contributed by atoms with Gasteiger partial charge in [-0.3, -0.25) is 14.7 Å². The van der Waals surface area contributed by atoms with Crippen LogP contribution in [0.3, 0.4) is 0 Å². The molecule has 2 amide bonds. The number of nitrogens with zero attached hydrogens (tertiary/aromatic N) is 3. The molecule has 1 aromatic carbocycles. The van der Waals surface area contributed by atoms with Crippen molar-refractivity contribution < 1.29 is 9.59 Å². The minimum atomic E-state index is -0.295. The van der Waals surface area contributed by atoms with Crippen molar-refractivity contribution in [2.24, 2.45) is 5.92 Å². The number of hydrogen-bond acceptors (Lipinski definition) is 4. The Hall–Kier alpha value is -2.70. The zero-order chi connectivity index (χ0) is 17.2. The summed E-state index contributed by atoms with van der Waals surface area (Å²) in [5, 5.41) is 9.64. The zero-order valence-corrected chi connectivity index (χ0v) is 13.9. The average Bonchev–Trinajstić information content (AvgIpc) is 3.37. The maximum atomic E-state index is 12.7. The smallest absolute Gasteiger partial charge is 0.229 e. The van der Waals surface area contributed by atoms with Gasteiger partial charge >= 0.3 is 0 Å². The first-order valence-electron chi connectivity index (χ1n) is 8.77. The number of likely N-dealkylation sites (tertiary alicyclic amines) is 1. The number of aromatic amines is 1. The number of benzene rings is 1. The fraction of sp³-hybridized carbons (Fsp3) is 0.444. The summed E-state index contributed by atoms with van der Waals surface area (Å²) in [5.41, 5.74) is 1.46. The predicted octanol–water partition coefficient (Wildman–Crippen LogP) is 2.20. The Bertz CT molecular complexity index is 768. The van der Waals surface area contributed by atoms with Crippen molar-refractivity contribution in [1.29, 1.82) is 0 Å². The van der Waals surface area contributed by atoms with E-state index in [-0.39, 0.29) is 17.7 Å². The molecular formula is C18H21N5O2. The van der Waals surface area contributed by atoms with Crippen molar-refractivity contribution in [3.63, 3.8) is 0 Å². The molecule has 1 atom stereocenters. The van der Waals surface area contributed by atoms with Gasteiger partial charge in [0.05, 0.1) is 11.6 Å². The molecule has 25 heavy (non-hydrogen) atoms. The van der Waals surface area contributed by atoms with Crippen LogP contribution in [-0.2, 0) is 9.59 Å². The third-order valence-corrected chi connectivity index (χ3v) is 5.15. The molecule has 7 nitrogen and oxygen atoms in total. The lowest BCUT2D eigenvalue weighted by atomic mass is 10.1. The number of carbonyl (C=O) groups is 2. The molecule has 7 heteroatoms. The van der Waals surface area contributed by atoms with Gasteiger partial charge in [0.25, 0.3) is 0 Å². The molecule has 1 saturated heterocycles. The van der Waals surface area contributed by atoms with Crippen molar-refractivity contribution in [3.05, 3.63) is 30.6 Å². The summed E-state index contributed by atoms with van der Waals surface area (Å²) < 4.78 is 0. The molecule has 1 aromatic heterocycles. The standard InChI is InChI=1S/C18H21N5O2/c24-16-9-12(10-23(16)13-5-1-2-6-13)18(25)21-15-8-4-3-7-14(15)17-19-11-20-22-17/h3-4,7-8,11-13H,1-2,5-6,9-10H2,(H,21,25)(H,19,20,22). The number of H-pyrrole nitrogens is 1. The van der Waals surface area contributed by atoms with E-state index in [1.54, 1.807) is 0 Å². The summed E-state index contributed by atoms with van der Waals surface area (Å²) in [6.45, 7) is 0.528. The van der Waals surface area contributed by atoms with Crippen molar-refractivity contribution in [3.8, 4) is 11.4 Å². The van der Waals surface area contributed by atoms with Gasteiger partial charge in [-0.05, 0) is 25.0 Å². The quantitative estimate of drug-likeness (QED) is 0.893. The molecular weight excluding hydrogens is 318 g/mol. The maximum Gasteiger partial charge on any atom is 0.229 e. The summed E-state index contributed by atoms with van der Waals surface area (Å²) in [6.07, 6.45) is 6.21. The molecule has 2 N–H and O–H groups in total. The van der Waals surface area contributed by atoms with E-state index < -0.39 is 0 Å². The van der Waals surface area contributed by atoms with E-state index in [9.17, 15) is 9.59 Å². The van der Waals surface area contributed by atoms with E-state index in [1.165, 1.54) is 19.2 Å². The van der Waals surface area contributed by atoms with Crippen LogP contribution >= 0.6 is 0 Å². The lowest BCUT2D eigenvalue weighted by molar-refractivity contribution is -0.129. The summed E-state index contributed by atoms with van der Waals surface area (Å²) in [5.74, 6) is 0.304. The summed E-state index contributed by atoms with van der Waals surface area (Å²) in [4.78, 5) is 31.1. The summed E-state index contributed by atoms with van der Waals surface area (Å²) in [6, 6.07) is 7.78. The van der Waals surface area contributed by atoms with Crippen LogP contribution in [0.1, 0.15) is 32.1 Å². The van der Waals surface area contributed by atoms with Crippen molar-refractivity contribution in [2.45, 2.75) is 38.1 Å². The molecule has 130 valence electrons. The predicted molar refractivity (Wildman–Crippen MR) is 92.5 cm³/mol. The second-order valence-electron chi connectivity index (χ2n) is 6.75. The molecule has 0 bridgehead atoms. The van der Waals surface area contributed by atoms with Crippen molar-refractivity contribution in [1.82, 2.24) is 20.1 Å². The van der Waals surface area contributed by atoms with Gasteiger partial charge in [-0.25, -0.2) is 4.98 Å². The number of rotatable bonds is 4. The molecule has 1 saturated carbocycles. The largest absolute Gasteiger partial charge is 0.339 e. The van der Waals surface area contributed by atoms with Crippen LogP contribution in [0.15, 0.2) is 30.6 Å². The minimum absolute atomic E-state index is 0.107. The van der Waals surface area contributed by atoms with Crippen LogP contribution in [-0.4, -0.2) is 44.5 Å². The Morgan fingerprint density at radius 1 is 1.24 bits per heavy atom. The molecule has 2 heterocycles. The van der Waals surface area contributed by atoms with Gasteiger partial charge in [0.1, 0.15) is 6.33 Å². The van der Waals surface area contributed by atoms with Crippen LogP contribution in [0.25, 0.3) is 11.4 Å². The van der Waals surface area contributed by atoms with Crippen LogP contribution in [0.5, 0.6) is 0 Å². The zero-order valence-electron chi connectivity index (χ0n) is 13.9. The van der Waals surface area contributed by atoms with Crippen LogP contribution in [0.2, 0.25) is 0 Å². The van der Waals surface area contributed by atoms with Gasteiger partial charge in [-0.2, -0.15) is 5.10 Å². The highest BCUT2D eigenvalue weighted by atomic mass is 16.2. The Morgan fingerprint density at radius 3 is 2.80 bits per heavy atom. The number of hydrogen-bond donors (Lipinski definition) is 2. The lowest BCUT2D eigenvalue weighted by Gasteiger charge is -2.24. The molecule has 1 aliphatic carbocycles. The third kappa shape index (κ3) is 3.14. The average molecular weight is 339 g/mol. The van der Waals surface area contributed by atoms with Crippen LogP contribution in [0.4, 0.5) is 5.69 Å². The molecule has 1 aliphatic heterocycles. The number of carbonyl (C=O) groups excluding carboxylic acids is 2. The fourth-order valence-corrected chi connectivity index (χ4v) is 3.84. The van der Waals surface area contributed by atoms with E-state index >= 15 is 0 Å². The van der Waals surface area contributed by atoms with Crippen molar-refractivity contribution >= 4 is 17.5 Å². The first-order chi connectivity index (χ1) is 12.2. The number of para-hydroxylation sites is 1. The first kappa shape index (κ1) is 15.8. The van der Waals surface area contributed by atoms with Gasteiger partial charge in [-0.1, -0.05) is 25.0 Å². The number of amides is 2. The lowest BCUT2D eigenvalue weighted by Crippen LogP contribution is -2.35. The van der Waals surface area contributed by atoms with Crippen LogP contribution < -0.4 is 5.32 Å². The Labute approximate surface area is 145 Å². The van der Waals surface area contributed by atoms with Gasteiger partial charge in [0.2, 0.25) is 11.8 Å². The Balaban J connectivity index is 1.47. The van der Waals surface area contributed by atoms with E-state index in [1.807, 2.05) is 29.2 Å². The van der Waals surface area contributed by atoms with Gasteiger partial charge < -0.3 is 10.2 Å². The number of anilines is 1. The first-order valence-corrected chi connectivity index (χ1v) is 8.77. The maximum absolute atomic E-state index is 12.7. The summed E-state index contributed by atoms with van der Waals surface area (Å²) in [7, 11) is 0. The minimum Gasteiger partial charge on any atom is -0.339 e. The third-order valence-electron chi connectivity index (χ3n) is 5.15. The molecule has 1 unspecified atom stereocenters. The van der Waals surface area contributed by atoms with Gasteiger partial charge in [-0.15, -0.1) is 0 Å². The molecule has 2 aliphatic rings. The van der Waals surface area contributed by atoms with Gasteiger partial charge in [0, 0.05) is 24.6 Å².